The number of hydrogen-bond donors (Lipinski definition) is 0. The lowest BCUT2D eigenvalue weighted by atomic mass is 9.42. The molecule has 0 saturated heterocycles. The fourth-order valence-electron chi connectivity index (χ4n) is 8.87. The number of rotatable bonds is 6. The van der Waals surface area contributed by atoms with Gasteiger partial charge in [0, 0.05) is 23.0 Å². The Labute approximate surface area is 262 Å². The van der Waals surface area contributed by atoms with Gasteiger partial charge in [-0.25, -0.2) is 0 Å². The monoisotopic (exact) mass is 594 g/mol. The Morgan fingerprint density at radius 3 is 2.18 bits per heavy atom. The smallest absolute Gasteiger partial charge is 0.311 e. The lowest BCUT2D eigenvalue weighted by molar-refractivity contribution is -0.135. The van der Waals surface area contributed by atoms with Crippen LogP contribution in [-0.2, 0) is 27.2 Å². The Morgan fingerprint density at radius 2 is 1.59 bits per heavy atom. The number of hydrogen-bond acceptors (Lipinski definition) is 5. The van der Waals surface area contributed by atoms with Crippen molar-refractivity contribution < 1.29 is 23.9 Å². The molecule has 0 heterocycles. The van der Waals surface area contributed by atoms with Gasteiger partial charge < -0.3 is 4.74 Å². The Bertz CT molecular complexity index is 1680. The molecule has 0 spiro atoms. The van der Waals surface area contributed by atoms with Gasteiger partial charge in [0.1, 0.15) is 5.75 Å². The molecule has 3 unspecified atom stereocenters. The summed E-state index contributed by atoms with van der Waals surface area (Å²) < 4.78 is 5.58. The highest BCUT2D eigenvalue weighted by atomic mass is 16.5. The summed E-state index contributed by atoms with van der Waals surface area (Å²) in [4.78, 5) is 54.4. The Balaban J connectivity index is 1.58. The van der Waals surface area contributed by atoms with Gasteiger partial charge in [0.05, 0.1) is 11.0 Å². The maximum Gasteiger partial charge on any atom is 0.311 e. The summed E-state index contributed by atoms with van der Waals surface area (Å²) >= 11 is 0. The minimum absolute atomic E-state index is 0.0125. The average Bonchev–Trinajstić information content (AvgIpc) is 2.91. The highest BCUT2D eigenvalue weighted by Gasteiger charge is 2.63. The van der Waals surface area contributed by atoms with Crippen molar-refractivity contribution >= 4 is 23.3 Å². The molecule has 0 bridgehead atoms. The summed E-state index contributed by atoms with van der Waals surface area (Å²) in [6, 6.07) is 9.61. The summed E-state index contributed by atoms with van der Waals surface area (Å²) in [6.07, 6.45) is 2.72. The number of benzene rings is 2. The second kappa shape index (κ2) is 10.8. The van der Waals surface area contributed by atoms with Crippen LogP contribution in [0, 0.1) is 30.1 Å². The molecular formula is C39H46O5. The summed E-state index contributed by atoms with van der Waals surface area (Å²) in [5.74, 6) is 0.0357. The SMILES string of the molecule is CC(=O)C1=C(C)CC2(C)CC3(C)Cc4c(C(C)C)cc(CCC(=O)Oc5ccc(C)cc5)c(C)c4C(=O)C3=C(C)C2(C)C1=O. The van der Waals surface area contributed by atoms with E-state index in [0.29, 0.717) is 37.0 Å². The van der Waals surface area contributed by atoms with E-state index in [9.17, 15) is 19.2 Å². The van der Waals surface area contributed by atoms with Crippen molar-refractivity contribution in [3.8, 4) is 5.75 Å². The molecule has 3 atom stereocenters. The molecule has 5 rings (SSSR count). The molecule has 0 saturated carbocycles. The normalized spacial score (nSPS) is 26.4. The highest BCUT2D eigenvalue weighted by molar-refractivity contribution is 6.24. The van der Waals surface area contributed by atoms with E-state index < -0.39 is 16.2 Å². The molecule has 0 aromatic heterocycles. The van der Waals surface area contributed by atoms with E-state index in [2.05, 4.69) is 33.8 Å². The molecule has 5 heteroatoms. The Hall–Kier alpha value is -3.60. The van der Waals surface area contributed by atoms with E-state index in [1.54, 1.807) is 12.1 Å². The zero-order valence-electron chi connectivity index (χ0n) is 28.0. The Morgan fingerprint density at radius 1 is 0.955 bits per heavy atom. The van der Waals surface area contributed by atoms with Gasteiger partial charge in [-0.15, -0.1) is 0 Å². The fourth-order valence-corrected chi connectivity index (χ4v) is 8.87. The molecule has 2 aromatic carbocycles. The molecular weight excluding hydrogens is 548 g/mol. The first-order valence-corrected chi connectivity index (χ1v) is 15.9. The van der Waals surface area contributed by atoms with Gasteiger partial charge in [0.25, 0.3) is 0 Å². The van der Waals surface area contributed by atoms with Crippen LogP contribution in [0.2, 0.25) is 0 Å². The molecule has 3 aliphatic rings. The predicted octanol–water partition coefficient (Wildman–Crippen LogP) is 8.32. The van der Waals surface area contributed by atoms with E-state index in [1.165, 1.54) is 6.92 Å². The van der Waals surface area contributed by atoms with Gasteiger partial charge in [-0.2, -0.15) is 0 Å². The van der Waals surface area contributed by atoms with Crippen molar-refractivity contribution in [2.45, 2.75) is 107 Å². The number of carbonyl (C=O) groups is 4. The van der Waals surface area contributed by atoms with Crippen molar-refractivity contribution in [3.05, 3.63) is 86.0 Å². The van der Waals surface area contributed by atoms with Gasteiger partial charge in [0.2, 0.25) is 0 Å². The summed E-state index contributed by atoms with van der Waals surface area (Å²) in [7, 11) is 0. The fraction of sp³-hybridized carbons (Fsp3) is 0.487. The van der Waals surface area contributed by atoms with Gasteiger partial charge in [-0.05, 0) is 113 Å². The van der Waals surface area contributed by atoms with Crippen molar-refractivity contribution in [2.75, 3.05) is 0 Å². The third-order valence-corrected chi connectivity index (χ3v) is 11.2. The van der Waals surface area contributed by atoms with E-state index in [4.69, 9.17) is 4.74 Å². The molecule has 44 heavy (non-hydrogen) atoms. The van der Waals surface area contributed by atoms with Gasteiger partial charge in [-0.3, -0.25) is 19.2 Å². The van der Waals surface area contributed by atoms with Crippen LogP contribution in [0.3, 0.4) is 0 Å². The van der Waals surface area contributed by atoms with E-state index in [-0.39, 0.29) is 35.7 Å². The molecule has 0 N–H and O–H groups in total. The maximum atomic E-state index is 14.8. The quantitative estimate of drug-likeness (QED) is 0.191. The molecule has 0 aliphatic heterocycles. The second-order valence-electron chi connectivity index (χ2n) is 14.7. The van der Waals surface area contributed by atoms with Gasteiger partial charge in [-0.1, -0.05) is 62.6 Å². The van der Waals surface area contributed by atoms with Crippen LogP contribution in [0.25, 0.3) is 0 Å². The van der Waals surface area contributed by atoms with Gasteiger partial charge in [0.15, 0.2) is 17.3 Å². The predicted molar refractivity (Wildman–Crippen MR) is 173 cm³/mol. The minimum atomic E-state index is -0.943. The zero-order valence-corrected chi connectivity index (χ0v) is 28.0. The van der Waals surface area contributed by atoms with Crippen molar-refractivity contribution in [3.63, 3.8) is 0 Å². The first-order chi connectivity index (χ1) is 20.4. The van der Waals surface area contributed by atoms with Crippen LogP contribution >= 0.6 is 0 Å². The van der Waals surface area contributed by atoms with E-state index >= 15 is 0 Å². The maximum absolute atomic E-state index is 14.8. The molecule has 0 fully saturated rings. The van der Waals surface area contributed by atoms with Crippen LogP contribution in [0.4, 0.5) is 0 Å². The second-order valence-corrected chi connectivity index (χ2v) is 14.7. The first-order valence-electron chi connectivity index (χ1n) is 15.9. The summed E-state index contributed by atoms with van der Waals surface area (Å²) in [5.41, 5.74) is 6.82. The average molecular weight is 595 g/mol. The van der Waals surface area contributed by atoms with Crippen LogP contribution in [-0.4, -0.2) is 23.3 Å². The number of fused-ring (bicyclic) bond motifs is 3. The van der Waals surface area contributed by atoms with Gasteiger partial charge >= 0.3 is 5.97 Å². The third kappa shape index (κ3) is 4.74. The van der Waals surface area contributed by atoms with Crippen LogP contribution in [0.1, 0.15) is 119 Å². The molecule has 232 valence electrons. The number of aryl methyl sites for hydroxylation is 2. The standard InChI is InChI=1S/C39H46O5/c1-21(2)29-17-27(13-16-31(41)44-28-14-11-22(3)12-15-28)24(5)33-30(29)19-37(8)20-38(9)18-23(4)32(26(7)40)36(43)39(38,10)25(6)34(37)35(33)42/h11-12,14-15,17,21H,13,16,18-20H2,1-10H3. The van der Waals surface area contributed by atoms with E-state index in [0.717, 1.165) is 50.1 Å². The lowest BCUT2D eigenvalue weighted by Crippen LogP contribution is -2.57. The number of carbonyl (C=O) groups excluding carboxylic acids is 4. The first kappa shape index (κ1) is 31.8. The largest absolute Gasteiger partial charge is 0.427 e. The number of ether oxygens (including phenoxy) is 1. The number of allylic oxidation sites excluding steroid dienone is 4. The molecule has 3 aliphatic carbocycles. The minimum Gasteiger partial charge on any atom is -0.427 e. The van der Waals surface area contributed by atoms with Crippen molar-refractivity contribution in [1.82, 2.24) is 0 Å². The van der Waals surface area contributed by atoms with Crippen molar-refractivity contribution in [2.24, 2.45) is 16.2 Å². The lowest BCUT2D eigenvalue weighted by Gasteiger charge is -2.59. The number of ketones is 3. The zero-order chi connectivity index (χ0) is 32.5. The van der Waals surface area contributed by atoms with Crippen LogP contribution in [0.5, 0.6) is 5.75 Å². The Kier molecular flexibility index (Phi) is 7.80. The van der Waals surface area contributed by atoms with Crippen LogP contribution < -0.4 is 4.74 Å². The third-order valence-electron chi connectivity index (χ3n) is 11.2. The summed E-state index contributed by atoms with van der Waals surface area (Å²) in [5, 5.41) is 0. The van der Waals surface area contributed by atoms with Crippen LogP contribution in [0.15, 0.2) is 52.6 Å². The molecule has 2 aromatic rings. The van der Waals surface area contributed by atoms with Crippen molar-refractivity contribution in [1.29, 1.82) is 0 Å². The molecule has 0 radical (unpaired) electrons. The molecule has 0 amide bonds. The topological polar surface area (TPSA) is 77.5 Å². The highest BCUT2D eigenvalue weighted by Crippen LogP contribution is 2.66. The summed E-state index contributed by atoms with van der Waals surface area (Å²) in [6.45, 7) is 19.9. The van der Waals surface area contributed by atoms with E-state index in [1.807, 2.05) is 46.8 Å². The number of Topliss-reactive ketones (excluding diaryl/α,β-unsaturated/α-hetero) is 3. The molecule has 5 nitrogen and oxygen atoms in total. The number of esters is 1.